The summed E-state index contributed by atoms with van der Waals surface area (Å²) in [5.74, 6) is 0.490. The van der Waals surface area contributed by atoms with Crippen LogP contribution in [0.25, 0.3) is 0 Å². The first-order valence-electron chi connectivity index (χ1n) is 6.66. The minimum Gasteiger partial charge on any atom is -0.383 e. The molecule has 1 atom stereocenters. The smallest absolute Gasteiger partial charge is 0.113 e. The molecule has 0 saturated carbocycles. The van der Waals surface area contributed by atoms with Crippen LogP contribution < -0.4 is 5.32 Å². The van der Waals surface area contributed by atoms with Crippen LogP contribution in [0.4, 0.5) is 0 Å². The van der Waals surface area contributed by atoms with Crippen molar-refractivity contribution in [3.8, 4) is 0 Å². The maximum atomic E-state index is 5.12. The van der Waals surface area contributed by atoms with Gasteiger partial charge in [-0.05, 0) is 26.2 Å². The minimum absolute atomic E-state index is 0.0681. The van der Waals surface area contributed by atoms with Gasteiger partial charge in [-0.2, -0.15) is 0 Å². The Bertz CT molecular complexity index is 376. The van der Waals surface area contributed by atoms with E-state index in [1.807, 2.05) is 11.3 Å². The van der Waals surface area contributed by atoms with E-state index in [9.17, 15) is 0 Å². The highest BCUT2D eigenvalue weighted by atomic mass is 32.1. The number of methoxy groups -OCH3 is 1. The van der Waals surface area contributed by atoms with Crippen LogP contribution in [-0.4, -0.2) is 25.2 Å². The van der Waals surface area contributed by atoms with E-state index in [1.165, 1.54) is 15.6 Å². The molecule has 0 aliphatic carbocycles. The average Bonchev–Trinajstić information content (AvgIpc) is 2.70. The zero-order valence-corrected chi connectivity index (χ0v) is 13.3. The van der Waals surface area contributed by atoms with Gasteiger partial charge in [-0.1, -0.05) is 20.8 Å². The Balaban J connectivity index is 2.95. The number of nitrogens with one attached hydrogen (secondary N) is 1. The molecule has 0 aliphatic heterocycles. The lowest BCUT2D eigenvalue weighted by Gasteiger charge is -2.33. The molecular weight excluding hydrogens is 244 g/mol. The van der Waals surface area contributed by atoms with Gasteiger partial charge < -0.3 is 10.1 Å². The lowest BCUT2D eigenvalue weighted by atomic mass is 9.89. The third-order valence-corrected chi connectivity index (χ3v) is 4.88. The molecule has 0 spiro atoms. The molecule has 1 aromatic heterocycles. The van der Waals surface area contributed by atoms with E-state index in [4.69, 9.17) is 9.72 Å². The maximum Gasteiger partial charge on any atom is 0.113 e. The normalized spacial score (nSPS) is 15.1. The molecular formula is C14H26N2OS. The summed E-state index contributed by atoms with van der Waals surface area (Å²) < 4.78 is 5.12. The number of nitrogens with zero attached hydrogens (tertiary/aromatic N) is 1. The van der Waals surface area contributed by atoms with Crippen molar-refractivity contribution in [2.75, 3.05) is 20.3 Å². The highest BCUT2D eigenvalue weighted by Crippen LogP contribution is 2.33. The molecule has 3 nitrogen and oxygen atoms in total. The summed E-state index contributed by atoms with van der Waals surface area (Å²) in [6.07, 6.45) is 1.01. The van der Waals surface area contributed by atoms with Gasteiger partial charge in [0.1, 0.15) is 5.01 Å². The van der Waals surface area contributed by atoms with Gasteiger partial charge in [0.2, 0.25) is 0 Å². The average molecular weight is 270 g/mol. The largest absolute Gasteiger partial charge is 0.383 e. The number of aryl methyl sites for hydroxylation is 2. The Morgan fingerprint density at radius 2 is 2.11 bits per heavy atom. The minimum atomic E-state index is -0.0681. The Kier molecular flexibility index (Phi) is 5.76. The summed E-state index contributed by atoms with van der Waals surface area (Å²) in [5.41, 5.74) is 1.16. The Labute approximate surface area is 115 Å². The first-order chi connectivity index (χ1) is 8.45. The number of ether oxygens (including phenoxy) is 1. The molecule has 1 heterocycles. The number of hydrogen-bond acceptors (Lipinski definition) is 4. The quantitative estimate of drug-likeness (QED) is 0.773. The van der Waals surface area contributed by atoms with Crippen LogP contribution in [0, 0.1) is 12.8 Å². The van der Waals surface area contributed by atoms with E-state index in [-0.39, 0.29) is 5.54 Å². The van der Waals surface area contributed by atoms with Gasteiger partial charge in [0.15, 0.2) is 0 Å². The molecule has 0 aliphatic rings. The predicted octanol–water partition coefficient (Wildman–Crippen LogP) is 3.12. The van der Waals surface area contributed by atoms with E-state index < -0.39 is 0 Å². The second-order valence-electron chi connectivity index (χ2n) is 5.15. The highest BCUT2D eigenvalue weighted by Gasteiger charge is 2.33. The van der Waals surface area contributed by atoms with E-state index in [0.29, 0.717) is 5.92 Å². The molecule has 1 aromatic rings. The van der Waals surface area contributed by atoms with Crippen molar-refractivity contribution in [2.24, 2.45) is 5.92 Å². The van der Waals surface area contributed by atoms with Crippen LogP contribution in [0.5, 0.6) is 0 Å². The van der Waals surface area contributed by atoms with E-state index in [0.717, 1.165) is 19.6 Å². The van der Waals surface area contributed by atoms with Crippen LogP contribution >= 0.6 is 11.3 Å². The lowest BCUT2D eigenvalue weighted by Crippen LogP contribution is -2.45. The van der Waals surface area contributed by atoms with Crippen LogP contribution in [-0.2, 0) is 16.7 Å². The van der Waals surface area contributed by atoms with Gasteiger partial charge in [0.25, 0.3) is 0 Å². The summed E-state index contributed by atoms with van der Waals surface area (Å²) in [4.78, 5) is 6.16. The van der Waals surface area contributed by atoms with E-state index in [2.05, 4.69) is 39.9 Å². The zero-order chi connectivity index (χ0) is 13.8. The van der Waals surface area contributed by atoms with Crippen LogP contribution in [0.1, 0.15) is 43.3 Å². The Hall–Kier alpha value is -0.450. The second-order valence-corrected chi connectivity index (χ2v) is 6.36. The fourth-order valence-electron chi connectivity index (χ4n) is 1.92. The van der Waals surface area contributed by atoms with Crippen molar-refractivity contribution >= 4 is 11.3 Å². The van der Waals surface area contributed by atoms with Crippen molar-refractivity contribution in [3.63, 3.8) is 0 Å². The van der Waals surface area contributed by atoms with Gasteiger partial charge in [-0.25, -0.2) is 4.98 Å². The van der Waals surface area contributed by atoms with Gasteiger partial charge >= 0.3 is 0 Å². The molecule has 0 saturated heterocycles. The van der Waals surface area contributed by atoms with Crippen molar-refractivity contribution in [1.82, 2.24) is 10.3 Å². The first kappa shape index (κ1) is 15.6. The monoisotopic (exact) mass is 270 g/mol. The molecule has 104 valence electrons. The molecule has 1 rings (SSSR count). The third kappa shape index (κ3) is 3.31. The van der Waals surface area contributed by atoms with Gasteiger partial charge in [-0.3, -0.25) is 0 Å². The van der Waals surface area contributed by atoms with Crippen molar-refractivity contribution < 1.29 is 4.74 Å². The van der Waals surface area contributed by atoms with Crippen molar-refractivity contribution in [2.45, 2.75) is 46.6 Å². The lowest BCUT2D eigenvalue weighted by molar-refractivity contribution is 0.173. The first-order valence-corrected chi connectivity index (χ1v) is 7.48. The zero-order valence-electron chi connectivity index (χ0n) is 12.5. The number of aromatic nitrogens is 1. The van der Waals surface area contributed by atoms with Crippen LogP contribution in [0.3, 0.4) is 0 Å². The van der Waals surface area contributed by atoms with Gasteiger partial charge in [0, 0.05) is 18.5 Å². The highest BCUT2D eigenvalue weighted by molar-refractivity contribution is 7.11. The second kappa shape index (κ2) is 6.64. The fourth-order valence-corrected chi connectivity index (χ4v) is 3.19. The topological polar surface area (TPSA) is 34.2 Å². The number of thiazole rings is 1. The fraction of sp³-hybridized carbons (Fsp3) is 0.786. The molecule has 0 radical (unpaired) electrons. The summed E-state index contributed by atoms with van der Waals surface area (Å²) in [5, 5.41) is 4.80. The molecule has 1 N–H and O–H groups in total. The molecule has 4 heteroatoms. The summed E-state index contributed by atoms with van der Waals surface area (Å²) in [6, 6.07) is 0. The Morgan fingerprint density at radius 1 is 1.44 bits per heavy atom. The summed E-state index contributed by atoms with van der Waals surface area (Å²) >= 11 is 1.82. The van der Waals surface area contributed by atoms with E-state index >= 15 is 0 Å². The molecule has 0 aromatic carbocycles. The Morgan fingerprint density at radius 3 is 2.56 bits per heavy atom. The van der Waals surface area contributed by atoms with Crippen LogP contribution in [0.2, 0.25) is 0 Å². The molecule has 0 bridgehead atoms. The summed E-state index contributed by atoms with van der Waals surface area (Å²) in [7, 11) is 1.73. The standard InChI is InChI=1S/C14H26N2OS/c1-7-12-11(4)18-13(16-12)14(5,10(2)3)15-8-9-17-6/h10,15H,7-9H2,1-6H3. The number of rotatable bonds is 7. The molecule has 1 unspecified atom stereocenters. The molecule has 18 heavy (non-hydrogen) atoms. The number of hydrogen-bond donors (Lipinski definition) is 1. The maximum absolute atomic E-state index is 5.12. The van der Waals surface area contributed by atoms with Crippen molar-refractivity contribution in [1.29, 1.82) is 0 Å². The molecule has 0 amide bonds. The summed E-state index contributed by atoms with van der Waals surface area (Å²) in [6.45, 7) is 12.6. The third-order valence-electron chi connectivity index (χ3n) is 3.62. The molecule has 0 fully saturated rings. The van der Waals surface area contributed by atoms with Crippen LogP contribution in [0.15, 0.2) is 0 Å². The SMILES string of the molecule is CCc1nc(C(C)(NCCOC)C(C)C)sc1C. The van der Waals surface area contributed by atoms with Crippen molar-refractivity contribution in [3.05, 3.63) is 15.6 Å². The van der Waals surface area contributed by atoms with Gasteiger partial charge in [0.05, 0.1) is 17.8 Å². The van der Waals surface area contributed by atoms with E-state index in [1.54, 1.807) is 7.11 Å². The predicted molar refractivity (Wildman–Crippen MR) is 78.3 cm³/mol. The van der Waals surface area contributed by atoms with Gasteiger partial charge in [-0.15, -0.1) is 11.3 Å².